The van der Waals surface area contributed by atoms with Crippen molar-refractivity contribution in [1.82, 2.24) is 9.80 Å². The molecule has 1 amide bonds. The van der Waals surface area contributed by atoms with E-state index in [1.165, 1.54) is 0 Å². The number of hydrogen-bond donors (Lipinski definition) is 1. The Morgan fingerprint density at radius 3 is 2.04 bits per heavy atom. The zero-order valence-corrected chi connectivity index (χ0v) is 14.9. The van der Waals surface area contributed by atoms with Crippen LogP contribution < -0.4 is 19.9 Å². The third kappa shape index (κ3) is 4.10. The van der Waals surface area contributed by atoms with Crippen molar-refractivity contribution in [1.29, 1.82) is 0 Å². The van der Waals surface area contributed by atoms with Crippen LogP contribution in [0.5, 0.6) is 17.2 Å². The number of hydrogen-bond acceptors (Lipinski definition) is 6. The lowest BCUT2D eigenvalue weighted by Crippen LogP contribution is -2.52. The molecule has 1 aromatic carbocycles. The fourth-order valence-electron chi connectivity index (χ4n) is 2.90. The van der Waals surface area contributed by atoms with Gasteiger partial charge in [0.05, 0.1) is 27.4 Å². The third-order valence-corrected chi connectivity index (χ3v) is 4.20. The molecule has 1 aliphatic rings. The van der Waals surface area contributed by atoms with Gasteiger partial charge >= 0.3 is 0 Å². The Balaban J connectivity index is 2.03. The molecule has 1 aliphatic heterocycles. The van der Waals surface area contributed by atoms with Gasteiger partial charge in [-0.05, 0) is 24.6 Å². The molecule has 0 unspecified atom stereocenters. The van der Waals surface area contributed by atoms with Gasteiger partial charge in [0, 0.05) is 32.7 Å². The summed E-state index contributed by atoms with van der Waals surface area (Å²) in [5.41, 5.74) is 6.75. The molecule has 1 fully saturated rings. The van der Waals surface area contributed by atoms with Crippen LogP contribution in [0.15, 0.2) is 12.1 Å². The molecule has 1 aromatic rings. The molecule has 24 heavy (non-hydrogen) atoms. The van der Waals surface area contributed by atoms with Gasteiger partial charge in [-0.25, -0.2) is 0 Å². The van der Waals surface area contributed by atoms with Gasteiger partial charge in [-0.3, -0.25) is 9.69 Å². The van der Waals surface area contributed by atoms with E-state index in [1.54, 1.807) is 28.3 Å². The number of carbonyl (C=O) groups is 1. The lowest BCUT2D eigenvalue weighted by Gasteiger charge is -2.35. The minimum Gasteiger partial charge on any atom is -0.493 e. The van der Waals surface area contributed by atoms with Crippen LogP contribution in [0.4, 0.5) is 0 Å². The van der Waals surface area contributed by atoms with Crippen LogP contribution in [-0.2, 0) is 11.3 Å². The van der Waals surface area contributed by atoms with E-state index in [1.807, 2.05) is 17.0 Å². The number of nitrogens with two attached hydrogens (primary N) is 1. The molecule has 0 spiro atoms. The van der Waals surface area contributed by atoms with E-state index in [4.69, 9.17) is 19.9 Å². The summed E-state index contributed by atoms with van der Waals surface area (Å²) in [5.74, 6) is 1.91. The first-order chi connectivity index (χ1) is 11.5. The monoisotopic (exact) mass is 337 g/mol. The summed E-state index contributed by atoms with van der Waals surface area (Å²) in [6, 6.07) is 3.48. The molecule has 2 N–H and O–H groups in total. The van der Waals surface area contributed by atoms with Crippen LogP contribution in [0, 0.1) is 0 Å². The van der Waals surface area contributed by atoms with Crippen LogP contribution in [0.3, 0.4) is 0 Å². The second-order valence-corrected chi connectivity index (χ2v) is 5.92. The van der Waals surface area contributed by atoms with E-state index in [9.17, 15) is 4.79 Å². The molecule has 0 saturated carbocycles. The Morgan fingerprint density at radius 1 is 1.08 bits per heavy atom. The summed E-state index contributed by atoms with van der Waals surface area (Å²) in [6.45, 7) is 5.52. The van der Waals surface area contributed by atoms with Crippen LogP contribution in [0.2, 0.25) is 0 Å². The molecule has 7 heteroatoms. The van der Waals surface area contributed by atoms with Gasteiger partial charge in [-0.15, -0.1) is 0 Å². The first-order valence-electron chi connectivity index (χ1n) is 8.05. The maximum absolute atomic E-state index is 11.9. The minimum atomic E-state index is -0.438. The normalized spacial score (nSPS) is 16.6. The molecule has 7 nitrogen and oxygen atoms in total. The molecular formula is C17H27N3O4. The number of rotatable bonds is 6. The van der Waals surface area contributed by atoms with E-state index in [-0.39, 0.29) is 5.91 Å². The van der Waals surface area contributed by atoms with Crippen molar-refractivity contribution < 1.29 is 19.0 Å². The molecule has 1 saturated heterocycles. The summed E-state index contributed by atoms with van der Waals surface area (Å²) in [6.07, 6.45) is 0. The Hall–Kier alpha value is -1.99. The average molecular weight is 337 g/mol. The molecule has 1 atom stereocenters. The fourth-order valence-corrected chi connectivity index (χ4v) is 2.90. The van der Waals surface area contributed by atoms with Gasteiger partial charge in [-0.1, -0.05) is 0 Å². The zero-order chi connectivity index (χ0) is 17.7. The lowest BCUT2D eigenvalue weighted by molar-refractivity contribution is -0.134. The smallest absolute Gasteiger partial charge is 0.239 e. The highest BCUT2D eigenvalue weighted by atomic mass is 16.5. The minimum absolute atomic E-state index is 0.0161. The van der Waals surface area contributed by atoms with Gasteiger partial charge in [0.1, 0.15) is 0 Å². The Kier molecular flexibility index (Phi) is 6.28. The number of methoxy groups -OCH3 is 3. The van der Waals surface area contributed by atoms with Crippen molar-refractivity contribution in [3.05, 3.63) is 17.7 Å². The van der Waals surface area contributed by atoms with Crippen molar-refractivity contribution in [2.75, 3.05) is 47.5 Å². The molecule has 0 radical (unpaired) electrons. The van der Waals surface area contributed by atoms with Gasteiger partial charge in [0.25, 0.3) is 0 Å². The van der Waals surface area contributed by atoms with Gasteiger partial charge < -0.3 is 24.8 Å². The van der Waals surface area contributed by atoms with E-state index >= 15 is 0 Å². The van der Waals surface area contributed by atoms with Crippen molar-refractivity contribution in [3.63, 3.8) is 0 Å². The quantitative estimate of drug-likeness (QED) is 0.824. The predicted molar refractivity (Wildman–Crippen MR) is 91.6 cm³/mol. The highest BCUT2D eigenvalue weighted by Crippen LogP contribution is 2.38. The standard InChI is InChI=1S/C17H27N3O4/c1-12(18)17(21)20-7-5-19(6-8-20)11-13-9-14(22-2)16(24-4)15(10-13)23-3/h9-10,12H,5-8,11,18H2,1-4H3/t12-/m1/s1. The second kappa shape index (κ2) is 8.21. The third-order valence-electron chi connectivity index (χ3n) is 4.20. The van der Waals surface area contributed by atoms with E-state index in [0.29, 0.717) is 30.3 Å². The van der Waals surface area contributed by atoms with Crippen LogP contribution in [0.25, 0.3) is 0 Å². The molecule has 0 aliphatic carbocycles. The van der Waals surface area contributed by atoms with E-state index < -0.39 is 6.04 Å². The molecule has 134 valence electrons. The van der Waals surface area contributed by atoms with Crippen LogP contribution >= 0.6 is 0 Å². The average Bonchev–Trinajstić information content (AvgIpc) is 2.60. The maximum Gasteiger partial charge on any atom is 0.239 e. The summed E-state index contributed by atoms with van der Waals surface area (Å²) in [5, 5.41) is 0. The zero-order valence-electron chi connectivity index (χ0n) is 14.9. The molecular weight excluding hydrogens is 310 g/mol. The number of ether oxygens (including phenoxy) is 3. The Bertz CT molecular complexity index is 544. The lowest BCUT2D eigenvalue weighted by atomic mass is 10.1. The summed E-state index contributed by atoms with van der Waals surface area (Å²) in [7, 11) is 4.81. The van der Waals surface area contributed by atoms with Crippen molar-refractivity contribution >= 4 is 5.91 Å². The largest absolute Gasteiger partial charge is 0.493 e. The van der Waals surface area contributed by atoms with Crippen LogP contribution in [-0.4, -0.2) is 69.3 Å². The van der Waals surface area contributed by atoms with Crippen LogP contribution in [0.1, 0.15) is 12.5 Å². The second-order valence-electron chi connectivity index (χ2n) is 5.92. The summed E-state index contributed by atoms with van der Waals surface area (Å²) in [4.78, 5) is 16.1. The first kappa shape index (κ1) is 18.4. The van der Waals surface area contributed by atoms with Gasteiger partial charge in [0.2, 0.25) is 11.7 Å². The van der Waals surface area contributed by atoms with E-state index in [0.717, 1.165) is 25.2 Å². The highest BCUT2D eigenvalue weighted by molar-refractivity contribution is 5.81. The van der Waals surface area contributed by atoms with Gasteiger partial charge in [-0.2, -0.15) is 0 Å². The number of nitrogens with zero attached hydrogens (tertiary/aromatic N) is 2. The predicted octanol–water partition coefficient (Wildman–Crippen LogP) is 0.704. The Morgan fingerprint density at radius 2 is 1.62 bits per heavy atom. The summed E-state index contributed by atoms with van der Waals surface area (Å²) >= 11 is 0. The van der Waals surface area contributed by atoms with Crippen molar-refractivity contribution in [3.8, 4) is 17.2 Å². The topological polar surface area (TPSA) is 77.3 Å². The molecule has 0 bridgehead atoms. The summed E-state index contributed by atoms with van der Waals surface area (Å²) < 4.78 is 16.1. The van der Waals surface area contributed by atoms with Crippen molar-refractivity contribution in [2.24, 2.45) is 5.73 Å². The Labute approximate surface area is 143 Å². The highest BCUT2D eigenvalue weighted by Gasteiger charge is 2.23. The molecule has 0 aromatic heterocycles. The van der Waals surface area contributed by atoms with Gasteiger partial charge in [0.15, 0.2) is 11.5 Å². The first-order valence-corrected chi connectivity index (χ1v) is 8.05. The number of benzene rings is 1. The number of carbonyl (C=O) groups excluding carboxylic acids is 1. The molecule has 1 heterocycles. The fraction of sp³-hybridized carbons (Fsp3) is 0.588. The number of amides is 1. The van der Waals surface area contributed by atoms with Crippen molar-refractivity contribution in [2.45, 2.75) is 19.5 Å². The van der Waals surface area contributed by atoms with E-state index in [2.05, 4.69) is 4.90 Å². The number of piperazine rings is 1. The molecule has 2 rings (SSSR count). The SMILES string of the molecule is COc1cc(CN2CCN(C(=O)[C@@H](C)N)CC2)cc(OC)c1OC. The maximum atomic E-state index is 11.9.